The van der Waals surface area contributed by atoms with Crippen LogP contribution in [0.5, 0.6) is 5.75 Å². The number of aromatic hydroxyl groups is 1. The molecule has 1 saturated heterocycles. The van der Waals surface area contributed by atoms with E-state index >= 15 is 0 Å². The molecule has 1 N–H and O–H groups in total. The number of phenolic OH excluding ortho intramolecular Hbond substituents is 1. The van der Waals surface area contributed by atoms with Crippen molar-refractivity contribution in [3.8, 4) is 16.9 Å². The molecule has 2 nitrogen and oxygen atoms in total. The predicted molar refractivity (Wildman–Crippen MR) is 220 cm³/mol. The van der Waals surface area contributed by atoms with E-state index in [0.29, 0.717) is 17.6 Å². The van der Waals surface area contributed by atoms with Crippen molar-refractivity contribution in [2.75, 3.05) is 6.16 Å². The van der Waals surface area contributed by atoms with E-state index in [0.717, 1.165) is 56.5 Å². The summed E-state index contributed by atoms with van der Waals surface area (Å²) in [4.78, 5) is 5.94. The van der Waals surface area contributed by atoms with Crippen LogP contribution in [0.1, 0.15) is 68.2 Å². The molecule has 1 aliphatic heterocycles. The molecule has 0 saturated carbocycles. The highest BCUT2D eigenvalue weighted by atomic mass is 31.1. The highest BCUT2D eigenvalue weighted by Crippen LogP contribution is 2.61. The summed E-state index contributed by atoms with van der Waals surface area (Å²) < 4.78 is 0. The van der Waals surface area contributed by atoms with Gasteiger partial charge in [0, 0.05) is 16.7 Å². The molecule has 2 unspecified atom stereocenters. The maximum Gasteiger partial charge on any atom is 0.127 e. The quantitative estimate of drug-likeness (QED) is 0.132. The normalized spacial score (nSPS) is 18.4. The molecule has 51 heavy (non-hydrogen) atoms. The molecule has 7 aromatic rings. The van der Waals surface area contributed by atoms with Crippen molar-refractivity contribution in [1.82, 2.24) is 0 Å². The van der Waals surface area contributed by atoms with Crippen LogP contribution >= 0.6 is 7.92 Å². The van der Waals surface area contributed by atoms with Gasteiger partial charge in [0.05, 0.1) is 16.6 Å². The number of aliphatic imine (C=N–C) groups is 1. The first kappa shape index (κ1) is 33.1. The molecule has 7 aromatic carbocycles. The number of rotatable bonds is 7. The van der Waals surface area contributed by atoms with Crippen molar-refractivity contribution in [2.24, 2.45) is 4.99 Å². The molecule has 0 aromatic heterocycles. The van der Waals surface area contributed by atoms with Gasteiger partial charge in [-0.1, -0.05) is 173 Å². The van der Waals surface area contributed by atoms with Gasteiger partial charge in [-0.2, -0.15) is 0 Å². The van der Waals surface area contributed by atoms with Gasteiger partial charge in [-0.15, -0.1) is 0 Å². The fourth-order valence-electron chi connectivity index (χ4n) is 8.29. The summed E-state index contributed by atoms with van der Waals surface area (Å²) >= 11 is 0. The fourth-order valence-corrected chi connectivity index (χ4v) is 11.1. The van der Waals surface area contributed by atoms with Crippen molar-refractivity contribution in [1.29, 1.82) is 0 Å². The summed E-state index contributed by atoms with van der Waals surface area (Å²) in [5, 5.41) is 18.9. The minimum atomic E-state index is -0.820. The zero-order chi connectivity index (χ0) is 35.1. The van der Waals surface area contributed by atoms with Gasteiger partial charge in [-0.05, 0) is 81.9 Å². The maximum absolute atomic E-state index is 12.9. The van der Waals surface area contributed by atoms with E-state index in [-0.39, 0.29) is 0 Å². The molecular formula is C48H44NOP. The van der Waals surface area contributed by atoms with Crippen molar-refractivity contribution in [2.45, 2.75) is 51.4 Å². The highest BCUT2D eigenvalue weighted by molar-refractivity contribution is 7.82. The topological polar surface area (TPSA) is 32.6 Å². The van der Waals surface area contributed by atoms with Crippen LogP contribution in [0, 0.1) is 0 Å². The summed E-state index contributed by atoms with van der Waals surface area (Å²) in [7, 11) is -0.820. The Morgan fingerprint density at radius 3 is 1.76 bits per heavy atom. The molecule has 1 heterocycles. The van der Waals surface area contributed by atoms with E-state index in [4.69, 9.17) is 4.99 Å². The van der Waals surface area contributed by atoms with Gasteiger partial charge in [0.25, 0.3) is 0 Å². The van der Waals surface area contributed by atoms with Gasteiger partial charge in [0.2, 0.25) is 0 Å². The Bertz CT molecular complexity index is 2310. The van der Waals surface area contributed by atoms with Crippen LogP contribution in [0.2, 0.25) is 0 Å². The van der Waals surface area contributed by atoms with Crippen LogP contribution in [0.4, 0.5) is 5.69 Å². The van der Waals surface area contributed by atoms with Crippen molar-refractivity contribution < 1.29 is 5.11 Å². The molecule has 0 radical (unpaired) electrons. The SMILES string of the molecule is CC(C)c1cccc(C(C)C)c1N=C1P(c2ccccc2)CCC1(c1ccccc1)c1cccc(-c2c3ccccc3cc3ccccc23)c1O. The Kier molecular flexibility index (Phi) is 8.83. The predicted octanol–water partition coefficient (Wildman–Crippen LogP) is 12.8. The molecule has 0 bridgehead atoms. The third-order valence-corrected chi connectivity index (χ3v) is 13.4. The molecule has 2 atom stereocenters. The molecule has 8 rings (SSSR count). The number of benzene rings is 7. The third-order valence-electron chi connectivity index (χ3n) is 10.8. The lowest BCUT2D eigenvalue weighted by Crippen LogP contribution is -2.33. The lowest BCUT2D eigenvalue weighted by molar-refractivity contribution is 0.460. The van der Waals surface area contributed by atoms with Crippen molar-refractivity contribution in [3.63, 3.8) is 0 Å². The van der Waals surface area contributed by atoms with E-state index < -0.39 is 13.3 Å². The van der Waals surface area contributed by atoms with Crippen LogP contribution in [-0.4, -0.2) is 16.7 Å². The molecule has 0 aliphatic carbocycles. The third kappa shape index (κ3) is 5.67. The van der Waals surface area contributed by atoms with E-state index in [1.54, 1.807) is 0 Å². The van der Waals surface area contributed by atoms with Crippen LogP contribution < -0.4 is 5.30 Å². The molecule has 3 heteroatoms. The lowest BCUT2D eigenvalue weighted by Gasteiger charge is -2.34. The van der Waals surface area contributed by atoms with Gasteiger partial charge in [-0.25, -0.2) is 0 Å². The van der Waals surface area contributed by atoms with Gasteiger partial charge >= 0.3 is 0 Å². The fraction of sp³-hybridized carbons (Fsp3) is 0.188. The summed E-state index contributed by atoms with van der Waals surface area (Å²) in [6.07, 6.45) is 1.83. The monoisotopic (exact) mass is 681 g/mol. The van der Waals surface area contributed by atoms with Crippen molar-refractivity contribution >= 4 is 45.9 Å². The largest absolute Gasteiger partial charge is 0.507 e. The summed E-state index contributed by atoms with van der Waals surface area (Å²) in [5.74, 6) is 0.964. The van der Waals surface area contributed by atoms with Gasteiger partial charge < -0.3 is 5.11 Å². The number of phenols is 1. The second-order valence-electron chi connectivity index (χ2n) is 14.4. The number of fused-ring (bicyclic) bond motifs is 2. The second-order valence-corrected chi connectivity index (χ2v) is 16.7. The Morgan fingerprint density at radius 2 is 1.16 bits per heavy atom. The first-order valence-corrected chi connectivity index (χ1v) is 19.7. The Hall–Kier alpha value is -5.04. The van der Waals surface area contributed by atoms with E-state index in [1.807, 2.05) is 0 Å². The summed E-state index contributed by atoms with van der Waals surface area (Å²) in [6.45, 7) is 9.08. The zero-order valence-electron chi connectivity index (χ0n) is 29.8. The van der Waals surface area contributed by atoms with E-state index in [2.05, 4.69) is 179 Å². The lowest BCUT2D eigenvalue weighted by atomic mass is 9.72. The van der Waals surface area contributed by atoms with Crippen LogP contribution in [0.15, 0.2) is 157 Å². The van der Waals surface area contributed by atoms with Gasteiger partial charge in [0.1, 0.15) is 5.75 Å². The molecule has 0 amide bonds. The average molecular weight is 682 g/mol. The molecule has 1 aliphatic rings. The van der Waals surface area contributed by atoms with E-state index in [9.17, 15) is 5.11 Å². The van der Waals surface area contributed by atoms with Crippen LogP contribution in [-0.2, 0) is 5.41 Å². The molecule has 0 spiro atoms. The van der Waals surface area contributed by atoms with Crippen molar-refractivity contribution in [3.05, 3.63) is 174 Å². The summed E-state index contributed by atoms with van der Waals surface area (Å²) in [5.41, 5.74) is 8.19. The Labute approximate surface area is 303 Å². The maximum atomic E-state index is 12.9. The highest BCUT2D eigenvalue weighted by Gasteiger charge is 2.50. The zero-order valence-corrected chi connectivity index (χ0v) is 30.7. The standard InChI is InChI=1S/C48H44NOP/c1-32(2)38-25-15-26-39(33(3)4)45(38)49-47-48(36-19-7-5-8-20-36,29-30-51(47)37-21-9-6-10-22-37)43-28-16-27-42(46(43)50)44-40-23-13-11-17-34(40)31-35-18-12-14-24-41(35)44/h5-28,31-33,50H,29-30H2,1-4H3. The second kappa shape index (κ2) is 13.6. The average Bonchev–Trinajstić information content (AvgIpc) is 3.54. The smallest absolute Gasteiger partial charge is 0.127 e. The van der Waals surface area contributed by atoms with Crippen LogP contribution in [0.3, 0.4) is 0 Å². The first-order chi connectivity index (χ1) is 24.9. The van der Waals surface area contributed by atoms with Gasteiger partial charge in [0.15, 0.2) is 0 Å². The Morgan fingerprint density at radius 1 is 0.608 bits per heavy atom. The molecule has 1 fully saturated rings. The number of hydrogen-bond acceptors (Lipinski definition) is 2. The molecule has 252 valence electrons. The van der Waals surface area contributed by atoms with E-state index in [1.165, 1.54) is 27.4 Å². The first-order valence-electron chi connectivity index (χ1n) is 18.2. The minimum Gasteiger partial charge on any atom is -0.507 e. The van der Waals surface area contributed by atoms with Gasteiger partial charge in [-0.3, -0.25) is 4.99 Å². The number of para-hydroxylation sites is 2. The summed E-state index contributed by atoms with van der Waals surface area (Å²) in [6, 6.07) is 54.3. The molecular weight excluding hydrogens is 638 g/mol. The minimum absolute atomic E-state index is 0.315. The number of nitrogens with zero attached hydrogens (tertiary/aromatic N) is 1. The Balaban J connectivity index is 1.47. The number of hydrogen-bond donors (Lipinski definition) is 1. The van der Waals surface area contributed by atoms with Crippen LogP contribution in [0.25, 0.3) is 32.7 Å².